The Morgan fingerprint density at radius 3 is 2.17 bits per heavy atom. The zero-order valence-electron chi connectivity index (χ0n) is 10.7. The Balaban J connectivity index is 2.85. The summed E-state index contributed by atoms with van der Waals surface area (Å²) in [4.78, 5) is 23.5. The highest BCUT2D eigenvalue weighted by Gasteiger charge is 2.18. The maximum atomic E-state index is 11.8. The molecule has 0 bridgehead atoms. The van der Waals surface area contributed by atoms with Crippen LogP contribution in [-0.4, -0.2) is 25.2 Å². The van der Waals surface area contributed by atoms with Gasteiger partial charge in [0.25, 0.3) is 0 Å². The maximum absolute atomic E-state index is 11.8. The molecule has 0 heterocycles. The van der Waals surface area contributed by atoms with Crippen LogP contribution in [0.5, 0.6) is 0 Å². The fraction of sp³-hybridized carbons (Fsp3) is 0.429. The molecule has 1 aromatic rings. The molecule has 4 nitrogen and oxygen atoms in total. The largest absolute Gasteiger partial charge is 0.462 e. The number of esters is 2. The number of hydrogen-bond acceptors (Lipinski definition) is 4. The third kappa shape index (κ3) is 3.87. The van der Waals surface area contributed by atoms with E-state index in [1.807, 2.05) is 13.8 Å². The summed E-state index contributed by atoms with van der Waals surface area (Å²) in [6.45, 7) is 4.47. The van der Waals surface area contributed by atoms with Crippen LogP contribution in [0.25, 0.3) is 0 Å². The second-order valence-corrected chi connectivity index (χ2v) is 3.74. The van der Waals surface area contributed by atoms with Gasteiger partial charge in [0.05, 0.1) is 24.3 Å². The quantitative estimate of drug-likeness (QED) is 0.727. The monoisotopic (exact) mass is 249 g/mol. The van der Waals surface area contributed by atoms with Crippen molar-refractivity contribution in [3.05, 3.63) is 35.4 Å². The molecule has 0 fully saturated rings. The Bertz CT molecular complexity index is 373. The SMILES string of the molecule is CCCOC(=O)c1c[c]ccc1C(=O)OCCC. The highest BCUT2D eigenvalue weighted by atomic mass is 16.5. The van der Waals surface area contributed by atoms with Crippen molar-refractivity contribution < 1.29 is 19.1 Å². The average Bonchev–Trinajstić information content (AvgIpc) is 2.42. The summed E-state index contributed by atoms with van der Waals surface area (Å²) in [5.74, 6) is -1.02. The number of carbonyl (C=O) groups excluding carboxylic acids is 2. The van der Waals surface area contributed by atoms with E-state index in [9.17, 15) is 9.59 Å². The van der Waals surface area contributed by atoms with Crippen molar-refractivity contribution in [3.63, 3.8) is 0 Å². The first-order chi connectivity index (χ1) is 8.70. The molecule has 18 heavy (non-hydrogen) atoms. The molecule has 1 rings (SSSR count). The van der Waals surface area contributed by atoms with Crippen LogP contribution in [0, 0.1) is 6.07 Å². The second kappa shape index (κ2) is 7.48. The second-order valence-electron chi connectivity index (χ2n) is 3.74. The summed E-state index contributed by atoms with van der Waals surface area (Å²) in [5.41, 5.74) is 0.426. The molecule has 0 aliphatic heterocycles. The molecule has 0 amide bonds. The van der Waals surface area contributed by atoms with E-state index < -0.39 is 11.9 Å². The molecule has 4 heteroatoms. The topological polar surface area (TPSA) is 52.6 Å². The molecule has 0 aliphatic carbocycles. The first kappa shape index (κ1) is 14.2. The highest BCUT2D eigenvalue weighted by molar-refractivity contribution is 6.03. The minimum Gasteiger partial charge on any atom is -0.462 e. The first-order valence-corrected chi connectivity index (χ1v) is 6.05. The van der Waals surface area contributed by atoms with E-state index in [1.54, 1.807) is 6.07 Å². The summed E-state index contributed by atoms with van der Waals surface area (Å²) in [6.07, 6.45) is 1.47. The lowest BCUT2D eigenvalue weighted by Crippen LogP contribution is -2.14. The lowest BCUT2D eigenvalue weighted by molar-refractivity contribution is 0.0458. The Morgan fingerprint density at radius 1 is 1.06 bits per heavy atom. The van der Waals surface area contributed by atoms with Gasteiger partial charge in [-0.05, 0) is 31.0 Å². The Morgan fingerprint density at radius 2 is 1.61 bits per heavy atom. The van der Waals surface area contributed by atoms with E-state index >= 15 is 0 Å². The van der Waals surface area contributed by atoms with Crippen LogP contribution < -0.4 is 0 Å². The standard InChI is InChI=1S/C14H17O4/c1-3-9-17-13(15)11-7-5-6-8-12(11)14(16)18-10-4-2/h5,7-8H,3-4,9-10H2,1-2H3. The van der Waals surface area contributed by atoms with Crippen LogP contribution in [0.2, 0.25) is 0 Å². The van der Waals surface area contributed by atoms with Gasteiger partial charge in [0.2, 0.25) is 0 Å². The number of benzene rings is 1. The van der Waals surface area contributed by atoms with E-state index in [0.717, 1.165) is 12.8 Å². The van der Waals surface area contributed by atoms with Gasteiger partial charge in [-0.15, -0.1) is 0 Å². The van der Waals surface area contributed by atoms with Gasteiger partial charge >= 0.3 is 11.9 Å². The maximum Gasteiger partial charge on any atom is 0.339 e. The van der Waals surface area contributed by atoms with Crippen molar-refractivity contribution >= 4 is 11.9 Å². The lowest BCUT2D eigenvalue weighted by atomic mass is 10.1. The van der Waals surface area contributed by atoms with Gasteiger partial charge in [-0.25, -0.2) is 9.59 Å². The number of ether oxygens (including phenoxy) is 2. The van der Waals surface area contributed by atoms with Gasteiger partial charge in [-0.3, -0.25) is 0 Å². The van der Waals surface area contributed by atoms with Crippen molar-refractivity contribution in [2.45, 2.75) is 26.7 Å². The smallest absolute Gasteiger partial charge is 0.339 e. The Kier molecular flexibility index (Phi) is 5.91. The van der Waals surface area contributed by atoms with Gasteiger partial charge in [0, 0.05) is 0 Å². The molecule has 0 unspecified atom stereocenters. The van der Waals surface area contributed by atoms with Crippen LogP contribution in [0.4, 0.5) is 0 Å². The van der Waals surface area contributed by atoms with E-state index in [0.29, 0.717) is 13.2 Å². The molecular formula is C14H17O4. The molecular weight excluding hydrogens is 232 g/mol. The molecule has 0 N–H and O–H groups in total. The minimum atomic E-state index is -0.517. The molecule has 0 atom stereocenters. The molecule has 0 saturated heterocycles. The Hall–Kier alpha value is -1.84. The third-order valence-corrected chi connectivity index (χ3v) is 2.18. The summed E-state index contributed by atoms with van der Waals surface area (Å²) >= 11 is 0. The zero-order chi connectivity index (χ0) is 13.4. The first-order valence-electron chi connectivity index (χ1n) is 6.05. The summed E-state index contributed by atoms with van der Waals surface area (Å²) in [5, 5.41) is 0. The summed E-state index contributed by atoms with van der Waals surface area (Å²) in [6, 6.07) is 7.29. The van der Waals surface area contributed by atoms with Crippen molar-refractivity contribution in [2.75, 3.05) is 13.2 Å². The molecule has 0 aromatic heterocycles. The fourth-order valence-electron chi connectivity index (χ4n) is 1.32. The predicted octanol–water partition coefficient (Wildman–Crippen LogP) is 2.62. The Labute approximate surface area is 107 Å². The lowest BCUT2D eigenvalue weighted by Gasteiger charge is -2.08. The molecule has 0 spiro atoms. The molecule has 0 aliphatic rings. The van der Waals surface area contributed by atoms with E-state index in [4.69, 9.17) is 9.47 Å². The normalized spacial score (nSPS) is 9.89. The zero-order valence-corrected chi connectivity index (χ0v) is 10.7. The van der Waals surface area contributed by atoms with Crippen molar-refractivity contribution in [1.82, 2.24) is 0 Å². The summed E-state index contributed by atoms with van der Waals surface area (Å²) in [7, 11) is 0. The highest BCUT2D eigenvalue weighted by Crippen LogP contribution is 2.12. The number of rotatable bonds is 6. The van der Waals surface area contributed by atoms with Gasteiger partial charge in [0.1, 0.15) is 0 Å². The number of carbonyl (C=O) groups is 2. The van der Waals surface area contributed by atoms with Crippen LogP contribution in [0.3, 0.4) is 0 Å². The van der Waals surface area contributed by atoms with Crippen molar-refractivity contribution in [2.24, 2.45) is 0 Å². The van der Waals surface area contributed by atoms with Crippen LogP contribution >= 0.6 is 0 Å². The average molecular weight is 249 g/mol. The van der Waals surface area contributed by atoms with Crippen LogP contribution in [0.15, 0.2) is 18.2 Å². The van der Waals surface area contributed by atoms with Gasteiger partial charge in [-0.1, -0.05) is 19.9 Å². The van der Waals surface area contributed by atoms with Crippen molar-refractivity contribution in [1.29, 1.82) is 0 Å². The minimum absolute atomic E-state index is 0.201. The van der Waals surface area contributed by atoms with E-state index in [-0.39, 0.29) is 11.1 Å². The molecule has 1 radical (unpaired) electrons. The number of hydrogen-bond donors (Lipinski definition) is 0. The van der Waals surface area contributed by atoms with Gasteiger partial charge in [0.15, 0.2) is 0 Å². The van der Waals surface area contributed by atoms with E-state index in [2.05, 4.69) is 6.07 Å². The summed E-state index contributed by atoms with van der Waals surface area (Å²) < 4.78 is 10.0. The fourth-order valence-corrected chi connectivity index (χ4v) is 1.32. The molecule has 1 aromatic carbocycles. The van der Waals surface area contributed by atoms with Crippen molar-refractivity contribution in [3.8, 4) is 0 Å². The van der Waals surface area contributed by atoms with E-state index in [1.165, 1.54) is 12.1 Å². The predicted molar refractivity (Wildman–Crippen MR) is 66.4 cm³/mol. The van der Waals surface area contributed by atoms with Crippen LogP contribution in [0.1, 0.15) is 47.4 Å². The third-order valence-electron chi connectivity index (χ3n) is 2.18. The molecule has 97 valence electrons. The van der Waals surface area contributed by atoms with Gasteiger partial charge < -0.3 is 9.47 Å². The van der Waals surface area contributed by atoms with Gasteiger partial charge in [-0.2, -0.15) is 0 Å². The van der Waals surface area contributed by atoms with Crippen LogP contribution in [-0.2, 0) is 9.47 Å². The molecule has 0 saturated carbocycles.